The van der Waals surface area contributed by atoms with Gasteiger partial charge in [0, 0.05) is 35.3 Å². The van der Waals surface area contributed by atoms with Crippen molar-refractivity contribution in [2.24, 2.45) is 0 Å². The maximum atomic E-state index is 12.8. The highest BCUT2D eigenvalue weighted by atomic mass is 16.1. The summed E-state index contributed by atoms with van der Waals surface area (Å²) < 4.78 is 1.82. The molecule has 2 heterocycles. The van der Waals surface area contributed by atoms with Gasteiger partial charge in [0.25, 0.3) is 0 Å². The summed E-state index contributed by atoms with van der Waals surface area (Å²) in [5, 5.41) is 4.75. The van der Waals surface area contributed by atoms with Gasteiger partial charge in [-0.1, -0.05) is 63.2 Å². The molecule has 4 rings (SSSR count). The number of hydrogen-bond acceptors (Lipinski definition) is 3. The molecule has 0 spiro atoms. The number of allylic oxidation sites excluding steroid dienone is 1. The van der Waals surface area contributed by atoms with Gasteiger partial charge in [0.2, 0.25) is 0 Å². The molecular formula is C27H25N3O. The second kappa shape index (κ2) is 8.52. The monoisotopic (exact) mass is 407 g/mol. The lowest BCUT2D eigenvalue weighted by Gasteiger charge is -2.18. The Morgan fingerprint density at radius 2 is 1.68 bits per heavy atom. The number of pyridine rings is 1. The van der Waals surface area contributed by atoms with E-state index >= 15 is 0 Å². The number of carbonyl (C=O) groups excluding carboxylic acids is 1. The molecule has 0 aliphatic rings. The van der Waals surface area contributed by atoms with Crippen LogP contribution in [0.4, 0.5) is 0 Å². The van der Waals surface area contributed by atoms with Crippen LogP contribution < -0.4 is 0 Å². The van der Waals surface area contributed by atoms with E-state index in [9.17, 15) is 4.79 Å². The molecule has 0 radical (unpaired) electrons. The maximum absolute atomic E-state index is 12.8. The van der Waals surface area contributed by atoms with Gasteiger partial charge in [-0.3, -0.25) is 9.78 Å². The zero-order valence-corrected chi connectivity index (χ0v) is 18.0. The van der Waals surface area contributed by atoms with Gasteiger partial charge in [0.1, 0.15) is 5.69 Å². The molecular weight excluding hydrogens is 382 g/mol. The van der Waals surface area contributed by atoms with Crippen LogP contribution in [-0.2, 0) is 5.41 Å². The first-order valence-corrected chi connectivity index (χ1v) is 10.3. The van der Waals surface area contributed by atoms with Crippen LogP contribution in [0.15, 0.2) is 91.4 Å². The Morgan fingerprint density at radius 1 is 0.935 bits per heavy atom. The molecule has 0 saturated carbocycles. The van der Waals surface area contributed by atoms with Gasteiger partial charge in [-0.25, -0.2) is 4.68 Å². The molecule has 0 aliphatic carbocycles. The molecule has 4 aromatic rings. The van der Waals surface area contributed by atoms with Crippen LogP contribution in [0.1, 0.15) is 42.3 Å². The quantitative estimate of drug-likeness (QED) is 0.295. The van der Waals surface area contributed by atoms with E-state index < -0.39 is 0 Å². The third kappa shape index (κ3) is 4.69. The SMILES string of the molecule is CC(C)(C)c1ccc(C(=O)/C=C/c2cn(-c3ccccc3)nc2-c2cccnc2)cc1. The number of hydrogen-bond donors (Lipinski definition) is 0. The Kier molecular flexibility index (Phi) is 5.63. The van der Waals surface area contributed by atoms with Crippen molar-refractivity contribution in [1.82, 2.24) is 14.8 Å². The smallest absolute Gasteiger partial charge is 0.185 e. The summed E-state index contributed by atoms with van der Waals surface area (Å²) in [6.45, 7) is 6.48. The van der Waals surface area contributed by atoms with Gasteiger partial charge in [0.15, 0.2) is 5.78 Å². The van der Waals surface area contributed by atoms with Crippen LogP contribution >= 0.6 is 0 Å². The molecule has 4 nitrogen and oxygen atoms in total. The van der Waals surface area contributed by atoms with Gasteiger partial charge in [0.05, 0.1) is 5.69 Å². The third-order valence-corrected chi connectivity index (χ3v) is 5.15. The van der Waals surface area contributed by atoms with Crippen molar-refractivity contribution in [3.05, 3.63) is 108 Å². The highest BCUT2D eigenvalue weighted by molar-refractivity contribution is 6.07. The van der Waals surface area contributed by atoms with Crippen molar-refractivity contribution in [1.29, 1.82) is 0 Å². The predicted octanol–water partition coefficient (Wildman–Crippen LogP) is 6.13. The lowest BCUT2D eigenvalue weighted by atomic mass is 9.86. The zero-order chi connectivity index (χ0) is 21.8. The summed E-state index contributed by atoms with van der Waals surface area (Å²) in [5.74, 6) is -0.0370. The van der Waals surface area contributed by atoms with E-state index in [2.05, 4.69) is 25.8 Å². The summed E-state index contributed by atoms with van der Waals surface area (Å²) in [4.78, 5) is 17.0. The van der Waals surface area contributed by atoms with Crippen LogP contribution in [-0.4, -0.2) is 20.5 Å². The van der Waals surface area contributed by atoms with Gasteiger partial charge in [-0.15, -0.1) is 0 Å². The van der Waals surface area contributed by atoms with Crippen LogP contribution in [0.2, 0.25) is 0 Å². The van der Waals surface area contributed by atoms with E-state index in [-0.39, 0.29) is 11.2 Å². The van der Waals surface area contributed by atoms with E-state index in [0.29, 0.717) is 5.56 Å². The molecule has 4 heteroatoms. The minimum Gasteiger partial charge on any atom is -0.289 e. The largest absolute Gasteiger partial charge is 0.289 e. The predicted molar refractivity (Wildman–Crippen MR) is 125 cm³/mol. The fourth-order valence-electron chi connectivity index (χ4n) is 3.35. The molecule has 0 fully saturated rings. The van der Waals surface area contributed by atoms with E-state index in [0.717, 1.165) is 22.5 Å². The highest BCUT2D eigenvalue weighted by Gasteiger charge is 2.14. The average molecular weight is 408 g/mol. The second-order valence-electron chi connectivity index (χ2n) is 8.48. The normalized spacial score (nSPS) is 11.7. The zero-order valence-electron chi connectivity index (χ0n) is 18.0. The highest BCUT2D eigenvalue weighted by Crippen LogP contribution is 2.25. The van der Waals surface area contributed by atoms with Crippen LogP contribution in [0.3, 0.4) is 0 Å². The molecule has 154 valence electrons. The summed E-state index contributed by atoms with van der Waals surface area (Å²) in [7, 11) is 0. The Balaban J connectivity index is 1.66. The van der Waals surface area contributed by atoms with Gasteiger partial charge in [-0.2, -0.15) is 5.10 Å². The Hall–Kier alpha value is -3.79. The van der Waals surface area contributed by atoms with Crippen molar-refractivity contribution >= 4 is 11.9 Å². The molecule has 0 saturated heterocycles. The van der Waals surface area contributed by atoms with Crippen molar-refractivity contribution < 1.29 is 4.79 Å². The fourth-order valence-corrected chi connectivity index (χ4v) is 3.35. The van der Waals surface area contributed by atoms with Crippen molar-refractivity contribution in [3.63, 3.8) is 0 Å². The van der Waals surface area contributed by atoms with E-state index in [1.54, 1.807) is 18.5 Å². The number of rotatable bonds is 5. The van der Waals surface area contributed by atoms with E-state index in [1.165, 1.54) is 5.56 Å². The summed E-state index contributed by atoms with van der Waals surface area (Å²) in [6, 6.07) is 21.6. The van der Waals surface area contributed by atoms with Crippen molar-refractivity contribution in [3.8, 4) is 16.9 Å². The number of carbonyl (C=O) groups is 1. The van der Waals surface area contributed by atoms with E-state index in [1.807, 2.05) is 83.7 Å². The number of aromatic nitrogens is 3. The number of ketones is 1. The van der Waals surface area contributed by atoms with Crippen LogP contribution in [0.25, 0.3) is 23.0 Å². The Labute approximate surface area is 182 Å². The lowest BCUT2D eigenvalue weighted by Crippen LogP contribution is -2.11. The second-order valence-corrected chi connectivity index (χ2v) is 8.48. The third-order valence-electron chi connectivity index (χ3n) is 5.15. The van der Waals surface area contributed by atoms with Crippen LogP contribution in [0.5, 0.6) is 0 Å². The van der Waals surface area contributed by atoms with Crippen LogP contribution in [0, 0.1) is 0 Å². The van der Waals surface area contributed by atoms with Gasteiger partial charge < -0.3 is 0 Å². The topological polar surface area (TPSA) is 47.8 Å². The molecule has 0 bridgehead atoms. The molecule has 2 aromatic carbocycles. The Bertz CT molecular complexity index is 1200. The van der Waals surface area contributed by atoms with Crippen molar-refractivity contribution in [2.75, 3.05) is 0 Å². The standard InChI is InChI=1S/C27H25N3O/c1-27(2,3)23-14-11-20(12-15-23)25(31)16-13-22-19-30(24-9-5-4-6-10-24)29-26(22)21-8-7-17-28-18-21/h4-19H,1-3H3/b16-13+. The molecule has 0 atom stereocenters. The average Bonchev–Trinajstić information content (AvgIpc) is 3.22. The number of para-hydroxylation sites is 1. The first kappa shape index (κ1) is 20.5. The lowest BCUT2D eigenvalue weighted by molar-refractivity contribution is 0.104. The molecule has 0 amide bonds. The minimum atomic E-state index is -0.0370. The maximum Gasteiger partial charge on any atom is 0.185 e. The molecule has 0 unspecified atom stereocenters. The first-order chi connectivity index (χ1) is 14.9. The molecule has 31 heavy (non-hydrogen) atoms. The summed E-state index contributed by atoms with van der Waals surface area (Å²) >= 11 is 0. The van der Waals surface area contributed by atoms with Crippen molar-refractivity contribution in [2.45, 2.75) is 26.2 Å². The molecule has 0 N–H and O–H groups in total. The number of benzene rings is 2. The number of nitrogens with zero attached hydrogens (tertiary/aromatic N) is 3. The van der Waals surface area contributed by atoms with Gasteiger partial charge >= 0.3 is 0 Å². The molecule has 0 aliphatic heterocycles. The first-order valence-electron chi connectivity index (χ1n) is 10.3. The minimum absolute atomic E-state index is 0.0370. The summed E-state index contributed by atoms with van der Waals surface area (Å²) in [5.41, 5.74) is 5.43. The van der Waals surface area contributed by atoms with Gasteiger partial charge in [-0.05, 0) is 47.4 Å². The summed E-state index contributed by atoms with van der Waals surface area (Å²) in [6.07, 6.45) is 8.89. The Morgan fingerprint density at radius 3 is 2.32 bits per heavy atom. The van der Waals surface area contributed by atoms with E-state index in [4.69, 9.17) is 5.10 Å². The molecule has 2 aromatic heterocycles. The fraction of sp³-hybridized carbons (Fsp3) is 0.148.